The number of hydrogen-bond acceptors (Lipinski definition) is 2. The van der Waals surface area contributed by atoms with Gasteiger partial charge < -0.3 is 0 Å². The Bertz CT molecular complexity index is 841. The van der Waals surface area contributed by atoms with Gasteiger partial charge in [-0.3, -0.25) is 10.2 Å². The molecule has 0 saturated heterocycles. The molecule has 0 fully saturated rings. The number of nitrogens with zero attached hydrogens (tertiary/aromatic N) is 2. The average Bonchev–Trinajstić information content (AvgIpc) is 3.05. The largest absolute Gasteiger partial charge is 0.277 e. The van der Waals surface area contributed by atoms with Crippen molar-refractivity contribution < 1.29 is 0 Å². The van der Waals surface area contributed by atoms with Gasteiger partial charge in [-0.05, 0) is 12.1 Å². The predicted octanol–water partition coefficient (Wildman–Crippen LogP) is 2.91. The number of aromatic nitrogens is 4. The first-order valence-corrected chi connectivity index (χ1v) is 5.72. The molecule has 0 aliphatic rings. The molecule has 0 saturated carbocycles. The summed E-state index contributed by atoms with van der Waals surface area (Å²) >= 11 is 0. The molecule has 2 aromatic heterocycles. The number of nitrogens with one attached hydrogen (secondary N) is 2. The lowest BCUT2D eigenvalue weighted by molar-refractivity contribution is 1.11. The van der Waals surface area contributed by atoms with E-state index in [1.165, 1.54) is 0 Å². The second-order valence-corrected chi connectivity index (χ2v) is 4.18. The second-order valence-electron chi connectivity index (χ2n) is 4.18. The third-order valence-corrected chi connectivity index (χ3v) is 3.13. The van der Waals surface area contributed by atoms with Crippen LogP contribution in [0.15, 0.2) is 42.5 Å². The summed E-state index contributed by atoms with van der Waals surface area (Å²) in [5.74, 6) is 0. The average molecular weight is 233 g/mol. The van der Waals surface area contributed by atoms with Gasteiger partial charge >= 0.3 is 0 Å². The van der Waals surface area contributed by atoms with Crippen molar-refractivity contribution in [2.75, 3.05) is 0 Å². The van der Waals surface area contributed by atoms with Crippen LogP contribution in [0.2, 0.25) is 0 Å². The summed E-state index contributed by atoms with van der Waals surface area (Å²) in [6.45, 7) is 0. The zero-order chi connectivity index (χ0) is 11.9. The molecule has 4 rings (SSSR count). The highest BCUT2D eigenvalue weighted by Crippen LogP contribution is 2.30. The monoisotopic (exact) mass is 233 g/mol. The summed E-state index contributed by atoms with van der Waals surface area (Å²) in [7, 11) is 0. The Morgan fingerprint density at radius 1 is 0.889 bits per heavy atom. The van der Waals surface area contributed by atoms with Crippen molar-refractivity contribution in [3.63, 3.8) is 0 Å². The number of aromatic amines is 2. The first-order chi connectivity index (χ1) is 8.93. The highest BCUT2D eigenvalue weighted by Gasteiger charge is 2.11. The molecule has 0 bridgehead atoms. The van der Waals surface area contributed by atoms with Crippen molar-refractivity contribution in [1.29, 1.82) is 0 Å². The van der Waals surface area contributed by atoms with Gasteiger partial charge in [-0.15, -0.1) is 0 Å². The minimum Gasteiger partial charge on any atom is -0.277 e. The minimum absolute atomic E-state index is 0.939. The van der Waals surface area contributed by atoms with Gasteiger partial charge in [-0.25, -0.2) is 0 Å². The van der Waals surface area contributed by atoms with E-state index in [0.29, 0.717) is 0 Å². The van der Waals surface area contributed by atoms with Crippen LogP contribution in [-0.4, -0.2) is 20.4 Å². The highest BCUT2D eigenvalue weighted by molar-refractivity contribution is 6.01. The first-order valence-electron chi connectivity index (χ1n) is 5.72. The summed E-state index contributed by atoms with van der Waals surface area (Å²) in [6.07, 6.45) is 2.98. The molecule has 0 spiro atoms. The molecule has 4 aromatic rings. The fourth-order valence-electron chi connectivity index (χ4n) is 2.28. The molecular weight excluding hydrogens is 224 g/mol. The third kappa shape index (κ3) is 1.20. The molecule has 4 nitrogen and oxygen atoms in total. The van der Waals surface area contributed by atoms with Crippen molar-refractivity contribution in [3.8, 4) is 11.3 Å². The standard InChI is InChI=1S/C14H9N4/c1-2-6-12-10(4-1)14(18-17-12)9-5-3-7-13-11(9)8-15-16-13/h1-7H,(H,15,16)(H,17,18). The van der Waals surface area contributed by atoms with Gasteiger partial charge in [0, 0.05) is 16.3 Å². The summed E-state index contributed by atoms with van der Waals surface area (Å²) in [4.78, 5) is 0. The van der Waals surface area contributed by atoms with Crippen LogP contribution in [0.5, 0.6) is 0 Å². The normalized spacial score (nSPS) is 11.3. The van der Waals surface area contributed by atoms with E-state index in [-0.39, 0.29) is 0 Å². The molecule has 0 atom stereocenters. The van der Waals surface area contributed by atoms with Crippen LogP contribution in [0.3, 0.4) is 0 Å². The Morgan fingerprint density at radius 3 is 2.78 bits per heavy atom. The van der Waals surface area contributed by atoms with Crippen molar-refractivity contribution >= 4 is 21.8 Å². The van der Waals surface area contributed by atoms with Crippen LogP contribution in [0.4, 0.5) is 0 Å². The number of benzene rings is 2. The maximum absolute atomic E-state index is 4.41. The fourth-order valence-corrected chi connectivity index (χ4v) is 2.28. The van der Waals surface area contributed by atoms with E-state index in [1.807, 2.05) is 36.4 Å². The Kier molecular flexibility index (Phi) is 1.80. The van der Waals surface area contributed by atoms with Gasteiger partial charge in [-0.2, -0.15) is 10.2 Å². The molecule has 85 valence electrons. The topological polar surface area (TPSA) is 57.4 Å². The predicted molar refractivity (Wildman–Crippen MR) is 70.0 cm³/mol. The van der Waals surface area contributed by atoms with Crippen LogP contribution >= 0.6 is 0 Å². The zero-order valence-electron chi connectivity index (χ0n) is 9.44. The Balaban J connectivity index is 2.10. The van der Waals surface area contributed by atoms with Crippen LogP contribution < -0.4 is 0 Å². The number of H-pyrrole nitrogens is 2. The lowest BCUT2D eigenvalue weighted by Crippen LogP contribution is -1.80. The molecule has 0 aliphatic heterocycles. The van der Waals surface area contributed by atoms with Crippen molar-refractivity contribution in [2.24, 2.45) is 0 Å². The van der Waals surface area contributed by atoms with E-state index < -0.39 is 0 Å². The molecule has 0 amide bonds. The van der Waals surface area contributed by atoms with Crippen LogP contribution in [0.1, 0.15) is 0 Å². The molecule has 2 aromatic carbocycles. The smallest absolute Gasteiger partial charge is 0.122 e. The molecule has 0 unspecified atom stereocenters. The van der Waals surface area contributed by atoms with Gasteiger partial charge in [0.15, 0.2) is 0 Å². The highest BCUT2D eigenvalue weighted by atomic mass is 15.1. The van der Waals surface area contributed by atoms with E-state index in [9.17, 15) is 0 Å². The van der Waals surface area contributed by atoms with Crippen molar-refractivity contribution in [3.05, 3.63) is 48.7 Å². The molecule has 2 N–H and O–H groups in total. The van der Waals surface area contributed by atoms with Crippen molar-refractivity contribution in [2.45, 2.75) is 0 Å². The fraction of sp³-hybridized carbons (Fsp3) is 0. The molecule has 1 radical (unpaired) electrons. The quantitative estimate of drug-likeness (QED) is 0.531. The molecule has 2 heterocycles. The Labute approximate surface area is 103 Å². The SMILES string of the molecule is [c]1n[nH]c2cccc(-c3n[nH]c4ccccc34)c12. The molecule has 0 aliphatic carbocycles. The van der Waals surface area contributed by atoms with Crippen LogP contribution in [-0.2, 0) is 0 Å². The molecule has 4 heteroatoms. The Hall–Kier alpha value is -2.62. The zero-order valence-corrected chi connectivity index (χ0v) is 9.44. The molecule has 18 heavy (non-hydrogen) atoms. The van der Waals surface area contributed by atoms with Gasteiger partial charge in [0.05, 0.1) is 11.0 Å². The first kappa shape index (κ1) is 9.41. The lowest BCUT2D eigenvalue weighted by atomic mass is 10.0. The number of hydrogen-bond donors (Lipinski definition) is 2. The lowest BCUT2D eigenvalue weighted by Gasteiger charge is -1.99. The van der Waals surface area contributed by atoms with Crippen LogP contribution in [0, 0.1) is 6.20 Å². The summed E-state index contributed by atoms with van der Waals surface area (Å²) in [5, 5.41) is 16.4. The van der Waals surface area contributed by atoms with E-state index in [0.717, 1.165) is 33.1 Å². The maximum atomic E-state index is 4.41. The summed E-state index contributed by atoms with van der Waals surface area (Å²) in [5.41, 5.74) is 3.99. The molecular formula is C14H9N4. The van der Waals surface area contributed by atoms with Crippen molar-refractivity contribution in [1.82, 2.24) is 20.4 Å². The van der Waals surface area contributed by atoms with Gasteiger partial charge in [-0.1, -0.05) is 30.3 Å². The Morgan fingerprint density at radius 2 is 1.78 bits per heavy atom. The van der Waals surface area contributed by atoms with E-state index in [1.54, 1.807) is 0 Å². The van der Waals surface area contributed by atoms with E-state index in [4.69, 9.17) is 0 Å². The number of para-hydroxylation sites is 1. The van der Waals surface area contributed by atoms with Gasteiger partial charge in [0.1, 0.15) is 11.9 Å². The summed E-state index contributed by atoms with van der Waals surface area (Å²) in [6, 6.07) is 14.1. The van der Waals surface area contributed by atoms with Gasteiger partial charge in [0.2, 0.25) is 0 Å². The van der Waals surface area contributed by atoms with Crippen LogP contribution in [0.25, 0.3) is 33.1 Å². The van der Waals surface area contributed by atoms with E-state index in [2.05, 4.69) is 32.7 Å². The summed E-state index contributed by atoms with van der Waals surface area (Å²) < 4.78 is 0. The second kappa shape index (κ2) is 3.43. The number of rotatable bonds is 1. The van der Waals surface area contributed by atoms with Gasteiger partial charge in [0.25, 0.3) is 0 Å². The number of fused-ring (bicyclic) bond motifs is 2. The third-order valence-electron chi connectivity index (χ3n) is 3.13. The van der Waals surface area contributed by atoms with E-state index >= 15 is 0 Å². The minimum atomic E-state index is 0.939. The maximum Gasteiger partial charge on any atom is 0.122 e.